The van der Waals surface area contributed by atoms with Crippen molar-refractivity contribution in [3.05, 3.63) is 77.6 Å². The van der Waals surface area contributed by atoms with Crippen molar-refractivity contribution >= 4 is 39.5 Å². The standard InChI is InChI=1S/C24H18F3IN4O2/c1-29-23(33)17-7-6-12(11-30-17)14-8-19-18(9-15(14)25)31-21-10-16(28)22(32(19)21)13-4-2-3-5-20(13)34-24(26)27/h2-9,11,16,22,24H,10H2,1H3,(H,29,33)/t16-,22-/m0/s1. The maximum Gasteiger partial charge on any atom is 0.387 e. The number of aromatic nitrogens is 3. The Bertz CT molecular complexity index is 1390. The number of hydrogen-bond donors (Lipinski definition) is 1. The highest BCUT2D eigenvalue weighted by molar-refractivity contribution is 14.1. The van der Waals surface area contributed by atoms with E-state index in [1.54, 1.807) is 30.3 Å². The summed E-state index contributed by atoms with van der Waals surface area (Å²) in [5, 5.41) is 2.50. The Balaban J connectivity index is 1.63. The van der Waals surface area contributed by atoms with E-state index in [9.17, 15) is 13.6 Å². The van der Waals surface area contributed by atoms with Gasteiger partial charge >= 0.3 is 6.61 Å². The van der Waals surface area contributed by atoms with Crippen LogP contribution in [0.1, 0.15) is 27.9 Å². The first-order valence-corrected chi connectivity index (χ1v) is 11.7. The number of amides is 1. The van der Waals surface area contributed by atoms with Crippen molar-refractivity contribution in [3.8, 4) is 16.9 Å². The van der Waals surface area contributed by atoms with E-state index >= 15 is 4.39 Å². The van der Waals surface area contributed by atoms with Crippen LogP contribution in [0, 0.1) is 5.82 Å². The van der Waals surface area contributed by atoms with E-state index in [4.69, 9.17) is 4.74 Å². The van der Waals surface area contributed by atoms with Gasteiger partial charge in [-0.05, 0) is 18.2 Å². The highest BCUT2D eigenvalue weighted by atomic mass is 127. The maximum absolute atomic E-state index is 15.0. The van der Waals surface area contributed by atoms with Gasteiger partial charge < -0.3 is 14.6 Å². The molecule has 0 bridgehead atoms. The number of fused-ring (bicyclic) bond motifs is 3. The average molecular weight is 578 g/mol. The van der Waals surface area contributed by atoms with Crippen LogP contribution in [0.2, 0.25) is 0 Å². The summed E-state index contributed by atoms with van der Waals surface area (Å²) >= 11 is 2.29. The van der Waals surface area contributed by atoms with Crippen LogP contribution >= 0.6 is 22.6 Å². The third-order valence-electron chi connectivity index (χ3n) is 5.84. The second-order valence-electron chi connectivity index (χ2n) is 7.81. The monoisotopic (exact) mass is 578 g/mol. The van der Waals surface area contributed by atoms with E-state index in [0.29, 0.717) is 34.1 Å². The number of halogens is 4. The Labute approximate surface area is 206 Å². The predicted molar refractivity (Wildman–Crippen MR) is 129 cm³/mol. The first-order valence-electron chi connectivity index (χ1n) is 10.4. The Morgan fingerprint density at radius 3 is 2.74 bits per heavy atom. The number of ether oxygens (including phenoxy) is 1. The second kappa shape index (κ2) is 8.90. The zero-order chi connectivity index (χ0) is 24.0. The van der Waals surface area contributed by atoms with E-state index in [-0.39, 0.29) is 27.3 Å². The van der Waals surface area contributed by atoms with Gasteiger partial charge in [0.25, 0.3) is 5.91 Å². The lowest BCUT2D eigenvalue weighted by atomic mass is 10.0. The molecule has 1 amide bonds. The number of nitrogens with zero attached hydrogens (tertiary/aromatic N) is 3. The van der Waals surface area contributed by atoms with Gasteiger partial charge in [-0.15, -0.1) is 0 Å². The summed E-state index contributed by atoms with van der Waals surface area (Å²) in [5.41, 5.74) is 2.80. The molecule has 0 unspecified atom stereocenters. The summed E-state index contributed by atoms with van der Waals surface area (Å²) in [6.45, 7) is -2.94. The van der Waals surface area contributed by atoms with Crippen LogP contribution in [0.3, 0.4) is 0 Å². The molecule has 1 aliphatic rings. The van der Waals surface area contributed by atoms with Crippen molar-refractivity contribution in [2.45, 2.75) is 23.0 Å². The topological polar surface area (TPSA) is 69.0 Å². The number of para-hydroxylation sites is 1. The van der Waals surface area contributed by atoms with Crippen LogP contribution in [0.4, 0.5) is 13.2 Å². The van der Waals surface area contributed by atoms with Crippen molar-refractivity contribution in [2.24, 2.45) is 0 Å². The van der Waals surface area contributed by atoms with Crippen LogP contribution in [0.5, 0.6) is 5.75 Å². The fourth-order valence-corrected chi connectivity index (χ4v) is 5.47. The summed E-state index contributed by atoms with van der Waals surface area (Å²) in [4.78, 5) is 20.5. The van der Waals surface area contributed by atoms with Gasteiger partial charge in [-0.25, -0.2) is 9.37 Å². The third-order valence-corrected chi connectivity index (χ3v) is 6.96. The van der Waals surface area contributed by atoms with E-state index in [2.05, 4.69) is 37.9 Å². The van der Waals surface area contributed by atoms with Gasteiger partial charge in [0.15, 0.2) is 0 Å². The number of benzene rings is 2. The van der Waals surface area contributed by atoms with E-state index < -0.39 is 12.4 Å². The molecule has 0 fully saturated rings. The molecule has 0 radical (unpaired) electrons. The number of carbonyl (C=O) groups is 1. The largest absolute Gasteiger partial charge is 0.434 e. The van der Waals surface area contributed by atoms with Crippen LogP contribution in [-0.2, 0) is 6.42 Å². The maximum atomic E-state index is 15.0. The minimum absolute atomic E-state index is 0.0360. The molecule has 2 aromatic carbocycles. The predicted octanol–water partition coefficient (Wildman–Crippen LogP) is 5.15. The lowest BCUT2D eigenvalue weighted by Crippen LogP contribution is -2.18. The molecule has 2 aromatic heterocycles. The molecule has 0 saturated carbocycles. The minimum atomic E-state index is -2.94. The van der Waals surface area contributed by atoms with Crippen molar-refractivity contribution in [1.82, 2.24) is 19.9 Å². The molecule has 2 atom stereocenters. The normalized spacial score (nSPS) is 17.2. The molecule has 5 rings (SSSR count). The number of carbonyl (C=O) groups excluding carboxylic acids is 1. The van der Waals surface area contributed by atoms with Crippen LogP contribution in [0.25, 0.3) is 22.2 Å². The van der Waals surface area contributed by atoms with Crippen molar-refractivity contribution in [3.63, 3.8) is 0 Å². The Kier molecular flexibility index (Phi) is 5.92. The fourth-order valence-electron chi connectivity index (χ4n) is 4.37. The average Bonchev–Trinajstić information content (AvgIpc) is 3.31. The highest BCUT2D eigenvalue weighted by Gasteiger charge is 2.36. The first-order chi connectivity index (χ1) is 16.4. The molecule has 4 aromatic rings. The smallest absolute Gasteiger partial charge is 0.387 e. The summed E-state index contributed by atoms with van der Waals surface area (Å²) in [5.74, 6) is 0.0468. The number of alkyl halides is 3. The molecule has 0 saturated heterocycles. The third kappa shape index (κ3) is 3.89. The quantitative estimate of drug-likeness (QED) is 0.263. The number of pyridine rings is 1. The summed E-state index contributed by atoms with van der Waals surface area (Å²) in [6, 6.07) is 12.6. The Hall–Kier alpha value is -3.15. The molecule has 174 valence electrons. The van der Waals surface area contributed by atoms with Gasteiger partial charge in [-0.3, -0.25) is 9.78 Å². The van der Waals surface area contributed by atoms with Crippen LogP contribution in [-0.4, -0.2) is 38.0 Å². The van der Waals surface area contributed by atoms with E-state index in [0.717, 1.165) is 5.82 Å². The van der Waals surface area contributed by atoms with Gasteiger partial charge in [0, 0.05) is 46.3 Å². The molecule has 0 aliphatic carbocycles. The zero-order valence-electron chi connectivity index (χ0n) is 17.8. The highest BCUT2D eigenvalue weighted by Crippen LogP contribution is 2.43. The fraction of sp³-hybridized carbons (Fsp3) is 0.208. The molecular formula is C24H18F3IN4O2. The van der Waals surface area contributed by atoms with Crippen molar-refractivity contribution in [2.75, 3.05) is 7.05 Å². The van der Waals surface area contributed by atoms with Gasteiger partial charge in [0.2, 0.25) is 0 Å². The molecule has 1 aliphatic heterocycles. The molecule has 3 heterocycles. The molecule has 0 spiro atoms. The number of hydrogen-bond acceptors (Lipinski definition) is 4. The van der Waals surface area contributed by atoms with Gasteiger partial charge in [-0.2, -0.15) is 8.78 Å². The molecule has 6 nitrogen and oxygen atoms in total. The van der Waals surface area contributed by atoms with Gasteiger partial charge in [0.05, 0.1) is 17.1 Å². The zero-order valence-corrected chi connectivity index (χ0v) is 20.0. The van der Waals surface area contributed by atoms with E-state index in [1.807, 2.05) is 4.57 Å². The Morgan fingerprint density at radius 1 is 1.24 bits per heavy atom. The molecule has 10 heteroatoms. The second-order valence-corrected chi connectivity index (χ2v) is 9.41. The SMILES string of the molecule is CNC(=O)c1ccc(-c2cc3c(cc2F)nc2n3[C@@H](c3ccccc3OC(F)F)[C@@H](I)C2)cn1. The summed E-state index contributed by atoms with van der Waals surface area (Å²) in [7, 11) is 1.51. The number of imidazole rings is 1. The molecular weight excluding hydrogens is 560 g/mol. The molecule has 1 N–H and O–H groups in total. The Morgan fingerprint density at radius 2 is 2.03 bits per heavy atom. The van der Waals surface area contributed by atoms with Crippen LogP contribution < -0.4 is 10.1 Å². The van der Waals surface area contributed by atoms with Crippen molar-refractivity contribution < 1.29 is 22.7 Å². The number of rotatable bonds is 5. The lowest BCUT2D eigenvalue weighted by Gasteiger charge is -2.22. The minimum Gasteiger partial charge on any atom is -0.434 e. The lowest BCUT2D eigenvalue weighted by molar-refractivity contribution is -0.0506. The first kappa shape index (κ1) is 22.6. The number of nitrogens with one attached hydrogen (secondary N) is 1. The van der Waals surface area contributed by atoms with Gasteiger partial charge in [-0.1, -0.05) is 46.9 Å². The van der Waals surface area contributed by atoms with E-state index in [1.165, 1.54) is 31.4 Å². The van der Waals surface area contributed by atoms with Gasteiger partial charge in [0.1, 0.15) is 23.1 Å². The summed E-state index contributed by atoms with van der Waals surface area (Å²) < 4.78 is 47.9. The summed E-state index contributed by atoms with van der Waals surface area (Å²) in [6.07, 6.45) is 2.04. The van der Waals surface area contributed by atoms with Crippen LogP contribution in [0.15, 0.2) is 54.7 Å². The molecule has 34 heavy (non-hydrogen) atoms. The van der Waals surface area contributed by atoms with Crippen molar-refractivity contribution in [1.29, 1.82) is 0 Å².